The van der Waals surface area contributed by atoms with Gasteiger partial charge in [-0.15, -0.1) is 10.2 Å². The number of thioether (sulfide) groups is 1. The highest BCUT2D eigenvalue weighted by Crippen LogP contribution is 2.27. The Hall–Kier alpha value is -2.51. The van der Waals surface area contributed by atoms with Crippen molar-refractivity contribution in [3.8, 4) is 11.4 Å². The summed E-state index contributed by atoms with van der Waals surface area (Å²) in [6, 6.07) is 15.6. The van der Waals surface area contributed by atoms with Crippen molar-refractivity contribution < 1.29 is 4.79 Å². The molecule has 0 radical (unpaired) electrons. The van der Waals surface area contributed by atoms with E-state index < -0.39 is 0 Å². The van der Waals surface area contributed by atoms with Gasteiger partial charge in [0.25, 0.3) is 0 Å². The molecule has 8 heteroatoms. The molecular weight excluding hydrogens is 394 g/mol. The van der Waals surface area contributed by atoms with E-state index in [9.17, 15) is 4.79 Å². The van der Waals surface area contributed by atoms with E-state index in [4.69, 9.17) is 17.4 Å². The Kier molecular flexibility index (Phi) is 6.59. The molecule has 3 rings (SSSR count). The van der Waals surface area contributed by atoms with E-state index in [0.717, 1.165) is 12.0 Å². The number of carbonyl (C=O) groups is 1. The number of nitrogen functional groups attached to an aromatic ring is 1. The average Bonchev–Trinajstić information content (AvgIpc) is 3.07. The molecule has 0 bridgehead atoms. The second kappa shape index (κ2) is 9.12. The van der Waals surface area contributed by atoms with Crippen molar-refractivity contribution in [3.63, 3.8) is 0 Å². The minimum atomic E-state index is -0.00754. The minimum Gasteiger partial charge on any atom is -0.341 e. The molecule has 0 aliphatic carbocycles. The Labute approximate surface area is 173 Å². The predicted molar refractivity (Wildman–Crippen MR) is 114 cm³/mol. The molecule has 0 aliphatic heterocycles. The first-order chi connectivity index (χ1) is 13.5. The molecule has 0 saturated heterocycles. The van der Waals surface area contributed by atoms with Crippen LogP contribution in [0.1, 0.15) is 18.1 Å². The Bertz CT molecular complexity index is 957. The smallest absolute Gasteiger partial charge is 0.233 e. The Morgan fingerprint density at radius 1 is 1.14 bits per heavy atom. The lowest BCUT2D eigenvalue weighted by atomic mass is 10.1. The first kappa shape index (κ1) is 20.2. The van der Waals surface area contributed by atoms with Crippen LogP contribution in [0.3, 0.4) is 0 Å². The number of benzene rings is 2. The van der Waals surface area contributed by atoms with Crippen molar-refractivity contribution in [2.24, 2.45) is 0 Å². The Morgan fingerprint density at radius 2 is 1.82 bits per heavy atom. The van der Waals surface area contributed by atoms with Crippen molar-refractivity contribution in [1.29, 1.82) is 0 Å². The first-order valence-corrected chi connectivity index (χ1v) is 10.3. The van der Waals surface area contributed by atoms with Crippen LogP contribution in [0.2, 0.25) is 5.02 Å². The highest BCUT2D eigenvalue weighted by Gasteiger charge is 2.17. The maximum Gasteiger partial charge on any atom is 0.233 e. The van der Waals surface area contributed by atoms with Crippen molar-refractivity contribution in [2.45, 2.75) is 25.0 Å². The van der Waals surface area contributed by atoms with Gasteiger partial charge in [-0.05, 0) is 29.7 Å². The van der Waals surface area contributed by atoms with Gasteiger partial charge in [-0.25, -0.2) is 4.68 Å². The van der Waals surface area contributed by atoms with Crippen LogP contribution in [0.4, 0.5) is 0 Å². The molecule has 0 fully saturated rings. The van der Waals surface area contributed by atoms with Gasteiger partial charge in [-0.1, -0.05) is 66.7 Å². The van der Waals surface area contributed by atoms with E-state index in [0.29, 0.717) is 28.1 Å². The molecule has 6 nitrogen and oxygen atoms in total. The van der Waals surface area contributed by atoms with Crippen LogP contribution in [-0.4, -0.2) is 38.5 Å². The molecule has 0 spiro atoms. The summed E-state index contributed by atoms with van der Waals surface area (Å²) in [6.07, 6.45) is 1.00. The Balaban J connectivity index is 1.60. The number of hydrogen-bond acceptors (Lipinski definition) is 5. The van der Waals surface area contributed by atoms with Crippen LogP contribution in [0.15, 0.2) is 53.7 Å². The summed E-state index contributed by atoms with van der Waals surface area (Å²) in [7, 11) is 1.79. The van der Waals surface area contributed by atoms with Gasteiger partial charge < -0.3 is 10.7 Å². The van der Waals surface area contributed by atoms with Gasteiger partial charge in [0.1, 0.15) is 0 Å². The maximum atomic E-state index is 12.5. The number of aromatic nitrogens is 3. The van der Waals surface area contributed by atoms with Gasteiger partial charge in [0, 0.05) is 19.2 Å². The fourth-order valence-corrected chi connectivity index (χ4v) is 3.70. The molecule has 0 saturated carbocycles. The number of nitrogens with two attached hydrogens (primary N) is 1. The molecular formula is C20H22ClN5OS. The highest BCUT2D eigenvalue weighted by molar-refractivity contribution is 7.99. The molecule has 0 unspecified atom stereocenters. The third kappa shape index (κ3) is 4.66. The molecule has 0 aliphatic rings. The second-order valence-electron chi connectivity index (χ2n) is 6.36. The summed E-state index contributed by atoms with van der Waals surface area (Å²) < 4.78 is 1.36. The fraction of sp³-hybridized carbons (Fsp3) is 0.250. The first-order valence-electron chi connectivity index (χ1n) is 8.89. The van der Waals surface area contributed by atoms with Gasteiger partial charge in [0.2, 0.25) is 11.1 Å². The zero-order chi connectivity index (χ0) is 20.1. The van der Waals surface area contributed by atoms with E-state index >= 15 is 0 Å². The zero-order valence-electron chi connectivity index (χ0n) is 15.8. The molecule has 146 valence electrons. The second-order valence-corrected chi connectivity index (χ2v) is 7.71. The summed E-state index contributed by atoms with van der Waals surface area (Å²) in [5, 5.41) is 9.21. The van der Waals surface area contributed by atoms with Crippen LogP contribution in [0, 0.1) is 0 Å². The fourth-order valence-electron chi connectivity index (χ4n) is 2.68. The van der Waals surface area contributed by atoms with E-state index in [1.807, 2.05) is 18.2 Å². The normalized spacial score (nSPS) is 10.8. The van der Waals surface area contributed by atoms with Gasteiger partial charge in [0.05, 0.1) is 10.8 Å². The average molecular weight is 416 g/mol. The molecule has 1 amide bonds. The molecule has 1 aromatic heterocycles. The van der Waals surface area contributed by atoms with E-state index in [1.54, 1.807) is 18.0 Å². The number of amides is 1. The summed E-state index contributed by atoms with van der Waals surface area (Å²) in [4.78, 5) is 14.2. The summed E-state index contributed by atoms with van der Waals surface area (Å²) >= 11 is 7.45. The van der Waals surface area contributed by atoms with Crippen molar-refractivity contribution in [3.05, 3.63) is 64.7 Å². The predicted octanol–water partition coefficient (Wildman–Crippen LogP) is 3.63. The largest absolute Gasteiger partial charge is 0.341 e. The Morgan fingerprint density at radius 3 is 2.50 bits per heavy atom. The zero-order valence-corrected chi connectivity index (χ0v) is 17.4. The van der Waals surface area contributed by atoms with Crippen molar-refractivity contribution in [1.82, 2.24) is 19.8 Å². The molecule has 1 heterocycles. The van der Waals surface area contributed by atoms with Crippen molar-refractivity contribution in [2.75, 3.05) is 18.6 Å². The number of aryl methyl sites for hydroxylation is 1. The van der Waals surface area contributed by atoms with Crippen LogP contribution in [0.25, 0.3) is 11.4 Å². The van der Waals surface area contributed by atoms with Crippen molar-refractivity contribution >= 4 is 29.3 Å². The maximum absolute atomic E-state index is 12.5. The van der Waals surface area contributed by atoms with Crippen LogP contribution in [-0.2, 0) is 17.8 Å². The molecule has 2 N–H and O–H groups in total. The molecule has 28 heavy (non-hydrogen) atoms. The van der Waals surface area contributed by atoms with E-state index in [1.165, 1.54) is 22.0 Å². The number of rotatable bonds is 7. The molecule has 2 aromatic carbocycles. The summed E-state index contributed by atoms with van der Waals surface area (Å²) in [5.41, 5.74) is 3.08. The third-order valence-corrected chi connectivity index (χ3v) is 5.64. The number of nitrogens with zero attached hydrogens (tertiary/aromatic N) is 4. The quantitative estimate of drug-likeness (QED) is 0.471. The minimum absolute atomic E-state index is 0.00754. The van der Waals surface area contributed by atoms with Gasteiger partial charge in [-0.2, -0.15) is 0 Å². The van der Waals surface area contributed by atoms with Crippen LogP contribution < -0.4 is 5.84 Å². The SMILES string of the molecule is CCc1ccc(CN(C)C(=O)CSc2nnc(-c3ccccc3Cl)n2N)cc1. The lowest BCUT2D eigenvalue weighted by molar-refractivity contribution is -0.127. The summed E-state index contributed by atoms with van der Waals surface area (Å²) in [6.45, 7) is 2.68. The molecule has 3 aromatic rings. The lowest BCUT2D eigenvalue weighted by Crippen LogP contribution is -2.28. The van der Waals surface area contributed by atoms with Gasteiger partial charge in [-0.3, -0.25) is 4.79 Å². The number of halogens is 1. The van der Waals surface area contributed by atoms with E-state index in [2.05, 4.69) is 41.4 Å². The molecule has 0 atom stereocenters. The summed E-state index contributed by atoms with van der Waals surface area (Å²) in [5.74, 6) is 6.78. The van der Waals surface area contributed by atoms with E-state index in [-0.39, 0.29) is 11.7 Å². The van der Waals surface area contributed by atoms with Crippen LogP contribution >= 0.6 is 23.4 Å². The van der Waals surface area contributed by atoms with Crippen LogP contribution in [0.5, 0.6) is 0 Å². The lowest BCUT2D eigenvalue weighted by Gasteiger charge is -2.17. The third-order valence-electron chi connectivity index (χ3n) is 4.38. The monoisotopic (exact) mass is 415 g/mol. The highest BCUT2D eigenvalue weighted by atomic mass is 35.5. The van der Waals surface area contributed by atoms with Gasteiger partial charge in [0.15, 0.2) is 5.82 Å². The number of carbonyl (C=O) groups excluding carboxylic acids is 1. The topological polar surface area (TPSA) is 77.0 Å². The standard InChI is InChI=1S/C20H22ClN5OS/c1-3-14-8-10-15(11-9-14)12-25(2)18(27)13-28-20-24-23-19(26(20)22)16-6-4-5-7-17(16)21/h4-11H,3,12-13,22H2,1-2H3. The van der Waals surface area contributed by atoms with Gasteiger partial charge >= 0.3 is 0 Å². The number of hydrogen-bond donors (Lipinski definition) is 1.